The van der Waals surface area contributed by atoms with Gasteiger partial charge in [-0.05, 0) is 81.5 Å². The van der Waals surface area contributed by atoms with E-state index in [0.717, 1.165) is 48.3 Å². The van der Waals surface area contributed by atoms with Gasteiger partial charge < -0.3 is 19.9 Å². The average Bonchev–Trinajstić information content (AvgIpc) is 3.32. The summed E-state index contributed by atoms with van der Waals surface area (Å²) in [5.41, 5.74) is 4.40. The van der Waals surface area contributed by atoms with Crippen LogP contribution in [0.4, 0.5) is 16.4 Å². The lowest BCUT2D eigenvalue weighted by Crippen LogP contribution is -2.41. The second-order valence-corrected chi connectivity index (χ2v) is 9.30. The molecule has 1 fully saturated rings. The van der Waals surface area contributed by atoms with Crippen molar-refractivity contribution >= 4 is 34.9 Å². The van der Waals surface area contributed by atoms with E-state index < -0.39 is 0 Å². The van der Waals surface area contributed by atoms with Crippen molar-refractivity contribution in [2.24, 2.45) is 0 Å². The SMILES string of the molecule is CCOC(=O)N1CC=C(c2cccn3nc(Nc4ccc(C(=O)N5CCCCC5C)cc4)nc23)CC1. The molecule has 188 valence electrons. The number of benzene rings is 1. The van der Waals surface area contributed by atoms with Crippen LogP contribution in [0.1, 0.15) is 55.5 Å². The molecule has 1 N–H and O–H groups in total. The topological polar surface area (TPSA) is 92.1 Å². The molecule has 0 spiro atoms. The molecule has 2 aromatic heterocycles. The third-order valence-electron chi connectivity index (χ3n) is 6.90. The van der Waals surface area contributed by atoms with E-state index in [1.165, 1.54) is 6.42 Å². The van der Waals surface area contributed by atoms with Crippen molar-refractivity contribution in [3.63, 3.8) is 0 Å². The number of piperidine rings is 1. The highest BCUT2D eigenvalue weighted by molar-refractivity contribution is 5.95. The number of nitrogens with one attached hydrogen (secondary N) is 1. The molecule has 36 heavy (non-hydrogen) atoms. The Bertz CT molecular complexity index is 1280. The zero-order valence-corrected chi connectivity index (χ0v) is 20.8. The van der Waals surface area contributed by atoms with Crippen LogP contribution in [0.25, 0.3) is 11.2 Å². The molecule has 2 amide bonds. The molecule has 1 atom stereocenters. The first-order valence-corrected chi connectivity index (χ1v) is 12.7. The number of nitrogens with zero attached hydrogens (tertiary/aromatic N) is 5. The van der Waals surface area contributed by atoms with Crippen LogP contribution in [0.15, 0.2) is 48.7 Å². The van der Waals surface area contributed by atoms with Gasteiger partial charge in [0.15, 0.2) is 5.65 Å². The van der Waals surface area contributed by atoms with Crippen LogP contribution in [0.3, 0.4) is 0 Å². The lowest BCUT2D eigenvalue weighted by atomic mass is 10.0. The Morgan fingerprint density at radius 3 is 2.69 bits per heavy atom. The molecule has 2 aliphatic heterocycles. The third kappa shape index (κ3) is 4.91. The Morgan fingerprint density at radius 2 is 1.97 bits per heavy atom. The van der Waals surface area contributed by atoms with Crippen LogP contribution in [-0.4, -0.2) is 68.7 Å². The number of hydrogen-bond acceptors (Lipinski definition) is 6. The Kier molecular flexibility index (Phi) is 6.88. The summed E-state index contributed by atoms with van der Waals surface area (Å²) in [5.74, 6) is 0.572. The molecule has 0 aliphatic carbocycles. The highest BCUT2D eigenvalue weighted by Crippen LogP contribution is 2.27. The summed E-state index contributed by atoms with van der Waals surface area (Å²) in [4.78, 5) is 33.3. The molecule has 9 heteroatoms. The lowest BCUT2D eigenvalue weighted by molar-refractivity contribution is 0.0635. The predicted octanol–water partition coefficient (Wildman–Crippen LogP) is 4.73. The molecule has 0 bridgehead atoms. The maximum absolute atomic E-state index is 12.9. The second-order valence-electron chi connectivity index (χ2n) is 9.30. The van der Waals surface area contributed by atoms with Gasteiger partial charge in [-0.3, -0.25) is 4.79 Å². The largest absolute Gasteiger partial charge is 0.450 e. The summed E-state index contributed by atoms with van der Waals surface area (Å²) < 4.78 is 6.87. The number of hydrogen-bond donors (Lipinski definition) is 1. The van der Waals surface area contributed by atoms with Gasteiger partial charge in [0.1, 0.15) is 0 Å². The van der Waals surface area contributed by atoms with Gasteiger partial charge in [0.2, 0.25) is 5.95 Å². The number of carbonyl (C=O) groups excluding carboxylic acids is 2. The van der Waals surface area contributed by atoms with Crippen molar-refractivity contribution in [1.82, 2.24) is 24.4 Å². The van der Waals surface area contributed by atoms with Gasteiger partial charge in [-0.2, -0.15) is 4.98 Å². The van der Waals surface area contributed by atoms with E-state index in [2.05, 4.69) is 23.4 Å². The number of fused-ring (bicyclic) bond motifs is 1. The van der Waals surface area contributed by atoms with Crippen LogP contribution < -0.4 is 5.32 Å². The van der Waals surface area contributed by atoms with E-state index in [1.54, 1.807) is 9.42 Å². The Hall–Kier alpha value is -3.88. The molecule has 1 aromatic carbocycles. The zero-order chi connectivity index (χ0) is 25.1. The highest BCUT2D eigenvalue weighted by atomic mass is 16.6. The lowest BCUT2D eigenvalue weighted by Gasteiger charge is -2.33. The second kappa shape index (κ2) is 10.4. The van der Waals surface area contributed by atoms with Crippen LogP contribution in [-0.2, 0) is 4.74 Å². The molecule has 9 nitrogen and oxygen atoms in total. The molecule has 1 unspecified atom stereocenters. The first kappa shape index (κ1) is 23.8. The molecule has 2 aliphatic rings. The summed E-state index contributed by atoms with van der Waals surface area (Å²) in [7, 11) is 0. The van der Waals surface area contributed by atoms with Gasteiger partial charge in [0.25, 0.3) is 5.91 Å². The van der Waals surface area contributed by atoms with Crippen molar-refractivity contribution in [3.8, 4) is 0 Å². The van der Waals surface area contributed by atoms with Gasteiger partial charge in [0, 0.05) is 48.7 Å². The van der Waals surface area contributed by atoms with E-state index in [0.29, 0.717) is 31.2 Å². The molecule has 1 saturated heterocycles. The van der Waals surface area contributed by atoms with Crippen LogP contribution in [0.2, 0.25) is 0 Å². The number of aromatic nitrogens is 3. The molecule has 0 saturated carbocycles. The first-order valence-electron chi connectivity index (χ1n) is 12.7. The molecular weight excluding hydrogens is 456 g/mol. The van der Waals surface area contributed by atoms with E-state index >= 15 is 0 Å². The fraction of sp³-hybridized carbons (Fsp3) is 0.407. The smallest absolute Gasteiger partial charge is 0.410 e. The molecule has 5 rings (SSSR count). The van der Waals surface area contributed by atoms with E-state index in [4.69, 9.17) is 9.72 Å². The van der Waals surface area contributed by atoms with Gasteiger partial charge in [-0.15, -0.1) is 5.10 Å². The number of anilines is 2. The fourth-order valence-corrected chi connectivity index (χ4v) is 4.90. The van der Waals surface area contributed by atoms with Gasteiger partial charge >= 0.3 is 6.09 Å². The Labute approximate surface area is 210 Å². The number of amides is 2. The number of rotatable bonds is 5. The average molecular weight is 489 g/mol. The van der Waals surface area contributed by atoms with Gasteiger partial charge in [-0.25, -0.2) is 9.31 Å². The molecule has 0 radical (unpaired) electrons. The Balaban J connectivity index is 1.30. The first-order chi connectivity index (χ1) is 17.5. The summed E-state index contributed by atoms with van der Waals surface area (Å²) in [6.45, 7) is 6.24. The number of ether oxygens (including phenoxy) is 1. The van der Waals surface area contributed by atoms with E-state index in [9.17, 15) is 9.59 Å². The zero-order valence-electron chi connectivity index (χ0n) is 20.8. The summed E-state index contributed by atoms with van der Waals surface area (Å²) in [6.07, 6.45) is 7.68. The highest BCUT2D eigenvalue weighted by Gasteiger charge is 2.24. The number of pyridine rings is 1. The van der Waals surface area contributed by atoms with Crippen molar-refractivity contribution < 1.29 is 14.3 Å². The fourth-order valence-electron chi connectivity index (χ4n) is 4.90. The summed E-state index contributed by atoms with van der Waals surface area (Å²) >= 11 is 0. The van der Waals surface area contributed by atoms with Crippen molar-refractivity contribution in [3.05, 3.63) is 59.8 Å². The molecule has 4 heterocycles. The minimum absolute atomic E-state index is 0.0894. The number of carbonyl (C=O) groups is 2. The summed E-state index contributed by atoms with van der Waals surface area (Å²) in [5, 5.41) is 7.84. The van der Waals surface area contributed by atoms with Gasteiger partial charge in [-0.1, -0.05) is 6.08 Å². The predicted molar refractivity (Wildman–Crippen MR) is 138 cm³/mol. The van der Waals surface area contributed by atoms with E-state index in [-0.39, 0.29) is 18.0 Å². The maximum Gasteiger partial charge on any atom is 0.410 e. The molecular formula is C27H32N6O3. The number of likely N-dealkylation sites (tertiary alicyclic amines) is 1. The maximum atomic E-state index is 12.9. The Morgan fingerprint density at radius 1 is 1.14 bits per heavy atom. The minimum atomic E-state index is -0.280. The van der Waals surface area contributed by atoms with Crippen LogP contribution in [0.5, 0.6) is 0 Å². The summed E-state index contributed by atoms with van der Waals surface area (Å²) in [6, 6.07) is 11.8. The van der Waals surface area contributed by atoms with Crippen molar-refractivity contribution in [1.29, 1.82) is 0 Å². The van der Waals surface area contributed by atoms with Gasteiger partial charge in [0.05, 0.1) is 6.61 Å². The quantitative estimate of drug-likeness (QED) is 0.558. The monoisotopic (exact) mass is 488 g/mol. The van der Waals surface area contributed by atoms with Crippen molar-refractivity contribution in [2.75, 3.05) is 31.6 Å². The van der Waals surface area contributed by atoms with Crippen LogP contribution >= 0.6 is 0 Å². The van der Waals surface area contributed by atoms with E-state index in [1.807, 2.05) is 54.4 Å². The molecule has 3 aromatic rings. The minimum Gasteiger partial charge on any atom is -0.450 e. The normalized spacial score (nSPS) is 18.2. The van der Waals surface area contributed by atoms with Crippen LogP contribution in [0, 0.1) is 0 Å². The third-order valence-corrected chi connectivity index (χ3v) is 6.90. The van der Waals surface area contributed by atoms with Crippen molar-refractivity contribution in [2.45, 2.75) is 45.6 Å². The standard InChI is InChI=1S/C27H32N6O3/c1-3-36-27(35)31-17-13-20(14-18-31)23-8-6-16-33-24(23)29-26(30-33)28-22-11-9-21(10-12-22)25(34)32-15-5-4-7-19(32)2/h6,8-13,16,19H,3-5,7,14-15,17-18H2,1-2H3,(H,28,30).